The van der Waals surface area contributed by atoms with Crippen molar-refractivity contribution < 1.29 is 19.1 Å². The van der Waals surface area contributed by atoms with E-state index in [0.29, 0.717) is 22.8 Å². The van der Waals surface area contributed by atoms with Crippen molar-refractivity contribution in [1.82, 2.24) is 0 Å². The number of ether oxygens (including phenoxy) is 2. The molecule has 0 aromatic carbocycles. The molecular formula is C20H24O4. The van der Waals surface area contributed by atoms with E-state index >= 15 is 0 Å². The van der Waals surface area contributed by atoms with Crippen molar-refractivity contribution >= 4 is 11.9 Å². The molecule has 0 radical (unpaired) electrons. The fourth-order valence-corrected chi connectivity index (χ4v) is 3.82. The zero-order valence-electron chi connectivity index (χ0n) is 14.9. The van der Waals surface area contributed by atoms with E-state index in [9.17, 15) is 9.59 Å². The third kappa shape index (κ3) is 2.27. The third-order valence-corrected chi connectivity index (χ3v) is 5.86. The Hall–Kier alpha value is -2.10. The van der Waals surface area contributed by atoms with Crippen LogP contribution in [0.5, 0.6) is 0 Å². The molecule has 0 bridgehead atoms. The number of rotatable bonds is 2. The van der Waals surface area contributed by atoms with Gasteiger partial charge in [-0.2, -0.15) is 0 Å². The lowest BCUT2D eigenvalue weighted by molar-refractivity contribution is -0.148. The van der Waals surface area contributed by atoms with Crippen LogP contribution in [0, 0.1) is 11.3 Å². The average molecular weight is 328 g/mol. The number of fused-ring (bicyclic) bond motifs is 2. The molecule has 0 saturated carbocycles. The number of allylic oxidation sites excluding steroid dienone is 3. The van der Waals surface area contributed by atoms with E-state index in [1.54, 1.807) is 19.9 Å². The molecule has 0 spiro atoms. The number of hydrogen-bond acceptors (Lipinski definition) is 4. The largest absolute Gasteiger partial charge is 0.453 e. The molecule has 128 valence electrons. The van der Waals surface area contributed by atoms with E-state index in [-0.39, 0.29) is 17.4 Å². The molecule has 3 aliphatic rings. The number of carbonyl (C=O) groups excluding carboxylic acids is 2. The molecule has 0 N–H and O–H groups in total. The predicted octanol–water partition coefficient (Wildman–Crippen LogP) is 4.00. The van der Waals surface area contributed by atoms with E-state index in [4.69, 9.17) is 9.47 Å². The molecule has 0 amide bonds. The summed E-state index contributed by atoms with van der Waals surface area (Å²) in [6.45, 7) is 9.60. The van der Waals surface area contributed by atoms with Crippen LogP contribution < -0.4 is 0 Å². The van der Waals surface area contributed by atoms with Crippen molar-refractivity contribution in [3.63, 3.8) is 0 Å². The molecule has 2 aliphatic carbocycles. The van der Waals surface area contributed by atoms with Gasteiger partial charge in [0.15, 0.2) is 0 Å². The molecule has 1 aliphatic heterocycles. The topological polar surface area (TPSA) is 52.6 Å². The monoisotopic (exact) mass is 328 g/mol. The first-order valence-corrected chi connectivity index (χ1v) is 8.50. The van der Waals surface area contributed by atoms with Crippen molar-refractivity contribution in [2.45, 2.75) is 53.6 Å². The smallest absolute Gasteiger partial charge is 0.339 e. The van der Waals surface area contributed by atoms with Crippen molar-refractivity contribution in [3.8, 4) is 0 Å². The van der Waals surface area contributed by atoms with Crippen LogP contribution in [0.25, 0.3) is 0 Å². The highest BCUT2D eigenvalue weighted by Crippen LogP contribution is 2.54. The Morgan fingerprint density at radius 3 is 2.83 bits per heavy atom. The Morgan fingerprint density at radius 2 is 2.17 bits per heavy atom. The van der Waals surface area contributed by atoms with Crippen molar-refractivity contribution in [2.24, 2.45) is 11.3 Å². The Balaban J connectivity index is 2.15. The first-order valence-electron chi connectivity index (χ1n) is 8.50. The zero-order valence-corrected chi connectivity index (χ0v) is 14.9. The van der Waals surface area contributed by atoms with Crippen molar-refractivity contribution in [3.05, 3.63) is 46.3 Å². The summed E-state index contributed by atoms with van der Waals surface area (Å²) in [5, 5.41) is 0. The summed E-state index contributed by atoms with van der Waals surface area (Å²) in [5.41, 5.74) is 2.57. The second-order valence-electron chi connectivity index (χ2n) is 7.11. The van der Waals surface area contributed by atoms with Crippen LogP contribution in [-0.4, -0.2) is 18.0 Å². The summed E-state index contributed by atoms with van der Waals surface area (Å²) in [7, 11) is 0. The van der Waals surface area contributed by atoms with Crippen molar-refractivity contribution in [1.29, 1.82) is 0 Å². The molecule has 0 fully saturated rings. The molecule has 0 aromatic rings. The molecule has 0 aromatic heterocycles. The molecular weight excluding hydrogens is 304 g/mol. The highest BCUT2D eigenvalue weighted by atomic mass is 16.6. The summed E-state index contributed by atoms with van der Waals surface area (Å²) in [4.78, 5) is 24.5. The maximum absolute atomic E-state index is 12.5. The van der Waals surface area contributed by atoms with Gasteiger partial charge in [0.2, 0.25) is 0 Å². The van der Waals surface area contributed by atoms with E-state index in [0.717, 1.165) is 24.0 Å². The molecule has 3 unspecified atom stereocenters. The highest BCUT2D eigenvalue weighted by Gasteiger charge is 2.53. The predicted molar refractivity (Wildman–Crippen MR) is 90.8 cm³/mol. The van der Waals surface area contributed by atoms with Gasteiger partial charge < -0.3 is 9.47 Å². The minimum atomic E-state index is -0.507. The average Bonchev–Trinajstić information content (AvgIpc) is 2.83. The third-order valence-electron chi connectivity index (χ3n) is 5.86. The van der Waals surface area contributed by atoms with Gasteiger partial charge in [-0.05, 0) is 51.2 Å². The van der Waals surface area contributed by atoms with E-state index in [1.807, 2.05) is 13.0 Å². The molecule has 0 saturated heterocycles. The minimum Gasteiger partial charge on any atom is -0.453 e. The van der Waals surface area contributed by atoms with E-state index in [1.165, 1.54) is 0 Å². The van der Waals surface area contributed by atoms with Gasteiger partial charge in [0.1, 0.15) is 11.9 Å². The summed E-state index contributed by atoms with van der Waals surface area (Å²) >= 11 is 0. The number of esters is 2. The van der Waals surface area contributed by atoms with Gasteiger partial charge in [-0.15, -0.1) is 0 Å². The lowest BCUT2D eigenvalue weighted by Gasteiger charge is -2.47. The normalized spacial score (nSPS) is 32.5. The Labute approximate surface area is 142 Å². The van der Waals surface area contributed by atoms with Gasteiger partial charge >= 0.3 is 11.9 Å². The Kier molecular flexibility index (Phi) is 4.02. The molecule has 3 rings (SSSR count). The lowest BCUT2D eigenvalue weighted by Crippen LogP contribution is -2.47. The summed E-state index contributed by atoms with van der Waals surface area (Å²) in [6, 6.07) is 0. The van der Waals surface area contributed by atoms with Crippen LogP contribution in [0.4, 0.5) is 0 Å². The standard InChI is InChI=1S/C20H24O4/c1-6-11(2)18(21)24-17-16-13(4)19(22)23-15(16)10-14-9-7-8-12(3)20(14,17)5/h6,9-10,12,17H,7-8H2,1-5H3. The summed E-state index contributed by atoms with van der Waals surface area (Å²) < 4.78 is 11.3. The highest BCUT2D eigenvalue weighted by molar-refractivity contribution is 5.95. The van der Waals surface area contributed by atoms with Gasteiger partial charge in [-0.3, -0.25) is 0 Å². The van der Waals surface area contributed by atoms with Gasteiger partial charge in [-0.25, -0.2) is 9.59 Å². The second kappa shape index (κ2) is 5.76. The summed E-state index contributed by atoms with van der Waals surface area (Å²) in [6.07, 6.45) is 7.37. The quantitative estimate of drug-likeness (QED) is 0.568. The lowest BCUT2D eigenvalue weighted by atomic mass is 9.59. The summed E-state index contributed by atoms with van der Waals surface area (Å²) in [5.74, 6) is 0.165. The maximum Gasteiger partial charge on any atom is 0.339 e. The van der Waals surface area contributed by atoms with Gasteiger partial charge in [0, 0.05) is 22.1 Å². The van der Waals surface area contributed by atoms with Crippen LogP contribution in [-0.2, 0) is 19.1 Å². The fourth-order valence-electron chi connectivity index (χ4n) is 3.82. The minimum absolute atomic E-state index is 0.329. The molecule has 4 heteroatoms. The SMILES string of the molecule is CC=C(C)C(=O)OC1C2=C(C)C(=O)OC2=CC2=CCCC(C)C21C. The Bertz CT molecular complexity index is 735. The van der Waals surface area contributed by atoms with Crippen LogP contribution >= 0.6 is 0 Å². The van der Waals surface area contributed by atoms with Crippen LogP contribution in [0.2, 0.25) is 0 Å². The molecule has 1 heterocycles. The van der Waals surface area contributed by atoms with Gasteiger partial charge in [0.25, 0.3) is 0 Å². The molecule has 4 nitrogen and oxygen atoms in total. The second-order valence-corrected chi connectivity index (χ2v) is 7.11. The fraction of sp³-hybridized carbons (Fsp3) is 0.500. The molecule has 24 heavy (non-hydrogen) atoms. The maximum atomic E-state index is 12.5. The molecule has 3 atom stereocenters. The first-order chi connectivity index (χ1) is 11.3. The zero-order chi connectivity index (χ0) is 17.6. The number of carbonyl (C=O) groups is 2. The van der Waals surface area contributed by atoms with Crippen LogP contribution in [0.15, 0.2) is 46.3 Å². The van der Waals surface area contributed by atoms with Crippen molar-refractivity contribution in [2.75, 3.05) is 0 Å². The van der Waals surface area contributed by atoms with E-state index < -0.39 is 6.10 Å². The van der Waals surface area contributed by atoms with Crippen LogP contribution in [0.1, 0.15) is 47.5 Å². The first kappa shape index (κ1) is 16.7. The van der Waals surface area contributed by atoms with E-state index in [2.05, 4.69) is 19.9 Å². The van der Waals surface area contributed by atoms with Gasteiger partial charge in [-0.1, -0.05) is 26.0 Å². The number of hydrogen-bond donors (Lipinski definition) is 0. The Morgan fingerprint density at radius 1 is 1.46 bits per heavy atom. The van der Waals surface area contributed by atoms with Crippen LogP contribution in [0.3, 0.4) is 0 Å². The van der Waals surface area contributed by atoms with Gasteiger partial charge in [0.05, 0.1) is 0 Å².